The van der Waals surface area contributed by atoms with Gasteiger partial charge in [0, 0.05) is 21.9 Å². The number of fused-ring (bicyclic) bond motifs is 3. The number of aryl methyl sites for hydroxylation is 1. The van der Waals surface area contributed by atoms with E-state index in [-0.39, 0.29) is 5.56 Å². The lowest BCUT2D eigenvalue weighted by Crippen LogP contribution is -2.29. The standard InChI is InChI=1S/C13H12INO2/c1-15-11-5-3-2-4-9(11)10-6-8(14)7-17-12(10)13(15)16/h2-5,8H,6-7H2,1H3. The van der Waals surface area contributed by atoms with Crippen LogP contribution in [0.4, 0.5) is 0 Å². The van der Waals surface area contributed by atoms with Gasteiger partial charge in [-0.05, 0) is 12.5 Å². The van der Waals surface area contributed by atoms with E-state index in [1.54, 1.807) is 11.6 Å². The van der Waals surface area contributed by atoms with Gasteiger partial charge in [-0.1, -0.05) is 40.8 Å². The lowest BCUT2D eigenvalue weighted by Gasteiger charge is -2.23. The van der Waals surface area contributed by atoms with Gasteiger partial charge in [-0.25, -0.2) is 0 Å². The Hall–Kier alpha value is -1.04. The molecule has 1 aliphatic rings. The molecular formula is C13H12INO2. The molecule has 0 spiro atoms. The minimum atomic E-state index is -0.0259. The van der Waals surface area contributed by atoms with Crippen molar-refractivity contribution in [2.24, 2.45) is 7.05 Å². The molecule has 1 atom stereocenters. The van der Waals surface area contributed by atoms with E-state index in [4.69, 9.17) is 4.74 Å². The monoisotopic (exact) mass is 341 g/mol. The highest BCUT2D eigenvalue weighted by Gasteiger charge is 2.23. The van der Waals surface area contributed by atoms with E-state index in [0.717, 1.165) is 22.9 Å². The maximum absolute atomic E-state index is 12.2. The molecular weight excluding hydrogens is 329 g/mol. The lowest BCUT2D eigenvalue weighted by molar-refractivity contribution is 0.294. The third-order valence-corrected chi connectivity index (χ3v) is 4.00. The molecule has 1 aromatic carbocycles. The first-order valence-electron chi connectivity index (χ1n) is 5.56. The summed E-state index contributed by atoms with van der Waals surface area (Å²) in [6.07, 6.45) is 0.909. The number of alkyl halides is 1. The summed E-state index contributed by atoms with van der Waals surface area (Å²) in [6, 6.07) is 8.00. The highest BCUT2D eigenvalue weighted by molar-refractivity contribution is 14.1. The van der Waals surface area contributed by atoms with Gasteiger partial charge in [0.25, 0.3) is 5.56 Å². The van der Waals surface area contributed by atoms with Crippen LogP contribution in [0.2, 0.25) is 0 Å². The molecule has 88 valence electrons. The van der Waals surface area contributed by atoms with Crippen molar-refractivity contribution >= 4 is 33.5 Å². The van der Waals surface area contributed by atoms with E-state index in [0.29, 0.717) is 16.3 Å². The Balaban J connectivity index is 2.44. The van der Waals surface area contributed by atoms with Gasteiger partial charge in [0.15, 0.2) is 5.75 Å². The molecule has 0 N–H and O–H groups in total. The van der Waals surface area contributed by atoms with Crippen LogP contribution in [0, 0.1) is 0 Å². The predicted molar refractivity (Wildman–Crippen MR) is 76.2 cm³/mol. The molecule has 4 heteroatoms. The second kappa shape index (κ2) is 4.01. The molecule has 0 radical (unpaired) electrons. The maximum Gasteiger partial charge on any atom is 0.293 e. The molecule has 3 nitrogen and oxygen atoms in total. The minimum Gasteiger partial charge on any atom is -0.487 e. The van der Waals surface area contributed by atoms with Crippen LogP contribution >= 0.6 is 22.6 Å². The molecule has 3 rings (SSSR count). The van der Waals surface area contributed by atoms with Gasteiger partial charge < -0.3 is 9.30 Å². The number of para-hydroxylation sites is 1. The third-order valence-electron chi connectivity index (χ3n) is 3.20. The number of rotatable bonds is 0. The maximum atomic E-state index is 12.2. The molecule has 0 amide bonds. The summed E-state index contributed by atoms with van der Waals surface area (Å²) in [6.45, 7) is 0.626. The van der Waals surface area contributed by atoms with Crippen LogP contribution in [0.3, 0.4) is 0 Å². The molecule has 2 aromatic rings. The first-order chi connectivity index (χ1) is 8.18. The summed E-state index contributed by atoms with van der Waals surface area (Å²) < 4.78 is 7.72. The highest BCUT2D eigenvalue weighted by atomic mass is 127. The van der Waals surface area contributed by atoms with Gasteiger partial charge in [0.05, 0.1) is 5.52 Å². The molecule has 0 fully saturated rings. The van der Waals surface area contributed by atoms with Crippen LogP contribution < -0.4 is 10.3 Å². The van der Waals surface area contributed by atoms with Gasteiger partial charge in [-0.3, -0.25) is 4.79 Å². The number of pyridine rings is 1. The number of aromatic nitrogens is 1. The molecule has 17 heavy (non-hydrogen) atoms. The summed E-state index contributed by atoms with van der Waals surface area (Å²) in [7, 11) is 1.80. The topological polar surface area (TPSA) is 31.2 Å². The number of hydrogen-bond acceptors (Lipinski definition) is 2. The van der Waals surface area contributed by atoms with Gasteiger partial charge in [-0.15, -0.1) is 0 Å². The van der Waals surface area contributed by atoms with E-state index in [9.17, 15) is 4.79 Å². The summed E-state index contributed by atoms with van der Waals surface area (Å²) in [5.41, 5.74) is 2.02. The fraction of sp³-hybridized carbons (Fsp3) is 0.308. The molecule has 0 saturated heterocycles. The van der Waals surface area contributed by atoms with Gasteiger partial charge in [0.1, 0.15) is 6.61 Å². The molecule has 1 aliphatic heterocycles. The molecule has 0 bridgehead atoms. The van der Waals surface area contributed by atoms with Crippen LogP contribution in [0.15, 0.2) is 29.1 Å². The second-order valence-corrected chi connectivity index (χ2v) is 6.06. The first-order valence-corrected chi connectivity index (χ1v) is 6.80. The first kappa shape index (κ1) is 11.1. The van der Waals surface area contributed by atoms with Crippen LogP contribution in [0.1, 0.15) is 5.56 Å². The summed E-state index contributed by atoms with van der Waals surface area (Å²) in [4.78, 5) is 12.2. The van der Waals surface area contributed by atoms with Gasteiger partial charge in [0.2, 0.25) is 0 Å². The van der Waals surface area contributed by atoms with E-state index < -0.39 is 0 Å². The van der Waals surface area contributed by atoms with E-state index in [2.05, 4.69) is 28.7 Å². The number of nitrogens with zero attached hydrogens (tertiary/aromatic N) is 1. The van der Waals surface area contributed by atoms with Crippen molar-refractivity contribution < 1.29 is 4.74 Å². The largest absolute Gasteiger partial charge is 0.487 e. The number of halogens is 1. The molecule has 1 unspecified atom stereocenters. The molecule has 0 saturated carbocycles. The van der Waals surface area contributed by atoms with Crippen LogP contribution in [0.5, 0.6) is 5.75 Å². The van der Waals surface area contributed by atoms with E-state index >= 15 is 0 Å². The van der Waals surface area contributed by atoms with Crippen molar-refractivity contribution in [3.05, 3.63) is 40.2 Å². The van der Waals surface area contributed by atoms with Crippen molar-refractivity contribution in [1.82, 2.24) is 4.57 Å². The zero-order valence-corrected chi connectivity index (χ0v) is 11.6. The van der Waals surface area contributed by atoms with E-state index in [1.807, 2.05) is 18.2 Å². The molecule has 1 aromatic heterocycles. The molecule has 2 heterocycles. The van der Waals surface area contributed by atoms with Crippen LogP contribution in [-0.4, -0.2) is 15.1 Å². The van der Waals surface area contributed by atoms with Crippen molar-refractivity contribution in [2.75, 3.05) is 6.61 Å². The average Bonchev–Trinajstić information content (AvgIpc) is 2.36. The van der Waals surface area contributed by atoms with Crippen molar-refractivity contribution in [3.8, 4) is 5.75 Å². The van der Waals surface area contributed by atoms with Crippen molar-refractivity contribution in [1.29, 1.82) is 0 Å². The Morgan fingerprint density at radius 2 is 2.18 bits per heavy atom. The summed E-state index contributed by atoms with van der Waals surface area (Å²) >= 11 is 2.37. The Labute approximate surface area is 113 Å². The minimum absolute atomic E-state index is 0.0259. The number of hydrogen-bond donors (Lipinski definition) is 0. The third kappa shape index (κ3) is 1.66. The fourth-order valence-electron chi connectivity index (χ4n) is 2.34. The Morgan fingerprint density at radius 1 is 1.41 bits per heavy atom. The number of ether oxygens (including phenoxy) is 1. The Kier molecular flexibility index (Phi) is 2.61. The lowest BCUT2D eigenvalue weighted by atomic mass is 10.0. The predicted octanol–water partition coefficient (Wildman–Crippen LogP) is 2.28. The summed E-state index contributed by atoms with van der Waals surface area (Å²) in [5, 5.41) is 1.13. The zero-order valence-electron chi connectivity index (χ0n) is 9.44. The highest BCUT2D eigenvalue weighted by Crippen LogP contribution is 2.30. The SMILES string of the molecule is Cn1c(=O)c2c(c3ccccc31)CC(I)CO2. The van der Waals surface area contributed by atoms with Gasteiger partial charge >= 0.3 is 0 Å². The van der Waals surface area contributed by atoms with E-state index in [1.165, 1.54) is 0 Å². The number of benzene rings is 1. The molecule has 0 aliphatic carbocycles. The van der Waals surface area contributed by atoms with Gasteiger partial charge in [-0.2, -0.15) is 0 Å². The zero-order chi connectivity index (χ0) is 12.0. The van der Waals surface area contributed by atoms with Crippen LogP contribution in [0.25, 0.3) is 10.9 Å². The summed E-state index contributed by atoms with van der Waals surface area (Å²) in [5.74, 6) is 0.541. The smallest absolute Gasteiger partial charge is 0.293 e. The van der Waals surface area contributed by atoms with Crippen LogP contribution in [-0.2, 0) is 13.5 Å². The quantitative estimate of drug-likeness (QED) is 0.544. The second-order valence-electron chi connectivity index (χ2n) is 4.30. The average molecular weight is 341 g/mol. The van der Waals surface area contributed by atoms with Crippen molar-refractivity contribution in [2.45, 2.75) is 10.3 Å². The normalized spacial score (nSPS) is 18.8. The Morgan fingerprint density at radius 3 is 3.00 bits per heavy atom. The Bertz CT molecular complexity index is 648. The fourth-order valence-corrected chi connectivity index (χ4v) is 2.96. The van der Waals surface area contributed by atoms with Crippen molar-refractivity contribution in [3.63, 3.8) is 0 Å².